The quantitative estimate of drug-likeness (QED) is 0.471. The molecule has 0 saturated carbocycles. The fourth-order valence-corrected chi connectivity index (χ4v) is 0.204. The fourth-order valence-electron chi connectivity index (χ4n) is 0.204. The van der Waals surface area contributed by atoms with E-state index in [1.165, 1.54) is 0 Å². The van der Waals surface area contributed by atoms with Crippen LogP contribution in [-0.2, 0) is 4.74 Å². The zero-order valence-electron chi connectivity index (χ0n) is 4.23. The summed E-state index contributed by atoms with van der Waals surface area (Å²) >= 11 is 0. The fraction of sp³-hybridized carbons (Fsp3) is 1.00. The van der Waals surface area contributed by atoms with E-state index in [2.05, 4.69) is 0 Å². The summed E-state index contributed by atoms with van der Waals surface area (Å²) in [4.78, 5) is 0. The van der Waals surface area contributed by atoms with E-state index in [9.17, 15) is 0 Å². The normalized spacial score (nSPS) is 6.00. The molecule has 3 heteroatoms. The van der Waals surface area contributed by atoms with E-state index in [0.717, 1.165) is 13.2 Å². The zero-order chi connectivity index (χ0) is 4.12. The molecule has 7 heavy (non-hydrogen) atoms. The molecule has 0 radical (unpaired) electrons. The van der Waals surface area contributed by atoms with Gasteiger partial charge in [-0.2, -0.15) is 0 Å². The highest BCUT2D eigenvalue weighted by Crippen LogP contribution is 1.64. The third kappa shape index (κ3) is 21.4. The molecule has 0 heterocycles. The second kappa shape index (κ2) is 16.1. The van der Waals surface area contributed by atoms with Crippen LogP contribution in [-0.4, -0.2) is 30.6 Å². The van der Waals surface area contributed by atoms with Crippen LogP contribution in [0.25, 0.3) is 0 Å². The first-order valence-corrected chi connectivity index (χ1v) is 1.99. The molecule has 0 atom stereocenters. The molecule has 0 aliphatic heterocycles. The lowest BCUT2D eigenvalue weighted by Crippen LogP contribution is -1.84. The topological polar surface area (TPSA) is 9.23 Å². The molecule has 0 aromatic carbocycles. The van der Waals surface area contributed by atoms with Crippen LogP contribution in [0.1, 0.15) is 13.8 Å². The van der Waals surface area contributed by atoms with E-state index < -0.39 is 0 Å². The highest BCUT2D eigenvalue weighted by atomic mass is 27.0. The molecule has 0 aromatic heterocycles. The lowest BCUT2D eigenvalue weighted by atomic mass is 10.8. The highest BCUT2D eigenvalue weighted by Gasteiger charge is 1.64. The first kappa shape index (κ1) is 15.7. The SMILES string of the molecule is CCOCC.F.[AlH3]. The molecule has 0 unspecified atom stereocenters. The number of halogens is 1. The average molecular weight is 124 g/mol. The van der Waals surface area contributed by atoms with Crippen LogP contribution < -0.4 is 0 Å². The van der Waals surface area contributed by atoms with Crippen LogP contribution in [0.2, 0.25) is 0 Å². The Labute approximate surface area is 54.5 Å². The van der Waals surface area contributed by atoms with Gasteiger partial charge in [0.1, 0.15) is 0 Å². The Bertz CT molecular complexity index is 19.2. The van der Waals surface area contributed by atoms with Crippen LogP contribution in [0, 0.1) is 0 Å². The van der Waals surface area contributed by atoms with Crippen molar-refractivity contribution in [3.63, 3.8) is 0 Å². The monoisotopic (exact) mass is 124 g/mol. The minimum atomic E-state index is 0. The van der Waals surface area contributed by atoms with Gasteiger partial charge < -0.3 is 4.74 Å². The van der Waals surface area contributed by atoms with E-state index in [1.54, 1.807) is 0 Å². The maximum absolute atomic E-state index is 4.83. The van der Waals surface area contributed by atoms with Crippen molar-refractivity contribution in [2.45, 2.75) is 13.8 Å². The third-order valence-corrected chi connectivity index (χ3v) is 0.408. The molecule has 0 spiro atoms. The molecular weight excluding hydrogens is 110 g/mol. The van der Waals surface area contributed by atoms with Crippen molar-refractivity contribution in [3.05, 3.63) is 0 Å². The van der Waals surface area contributed by atoms with Gasteiger partial charge in [0.05, 0.1) is 0 Å². The van der Waals surface area contributed by atoms with Crippen molar-refractivity contribution < 1.29 is 9.44 Å². The lowest BCUT2D eigenvalue weighted by Gasteiger charge is -1.86. The van der Waals surface area contributed by atoms with Crippen molar-refractivity contribution >= 4 is 17.4 Å². The van der Waals surface area contributed by atoms with Gasteiger partial charge in [0.2, 0.25) is 0 Å². The minimum Gasteiger partial charge on any atom is -0.382 e. The number of hydrogen-bond donors (Lipinski definition) is 0. The first-order valence-electron chi connectivity index (χ1n) is 1.99. The van der Waals surface area contributed by atoms with Crippen molar-refractivity contribution in [2.24, 2.45) is 0 Å². The van der Waals surface area contributed by atoms with Gasteiger partial charge in [-0.25, -0.2) is 0 Å². The van der Waals surface area contributed by atoms with Crippen LogP contribution >= 0.6 is 0 Å². The Morgan fingerprint density at radius 3 is 1.43 bits per heavy atom. The van der Waals surface area contributed by atoms with Gasteiger partial charge in [-0.1, -0.05) is 0 Å². The summed E-state index contributed by atoms with van der Waals surface area (Å²) in [6, 6.07) is 0. The smallest absolute Gasteiger partial charge is 0.187 e. The van der Waals surface area contributed by atoms with E-state index in [1.807, 2.05) is 13.8 Å². The average Bonchev–Trinajstić information content (AvgIpc) is 1.41. The lowest BCUT2D eigenvalue weighted by molar-refractivity contribution is 0.162. The minimum absolute atomic E-state index is 0. The van der Waals surface area contributed by atoms with Crippen molar-refractivity contribution in [2.75, 3.05) is 13.2 Å². The van der Waals surface area contributed by atoms with Gasteiger partial charge in [0.15, 0.2) is 17.4 Å². The van der Waals surface area contributed by atoms with Crippen molar-refractivity contribution in [3.8, 4) is 0 Å². The molecule has 0 N–H and O–H groups in total. The largest absolute Gasteiger partial charge is 0.382 e. The number of ether oxygens (including phenoxy) is 1. The zero-order valence-corrected chi connectivity index (χ0v) is 4.23. The van der Waals surface area contributed by atoms with Gasteiger partial charge in [0.25, 0.3) is 0 Å². The Morgan fingerprint density at radius 1 is 1.14 bits per heavy atom. The summed E-state index contributed by atoms with van der Waals surface area (Å²) < 4.78 is 4.83. The van der Waals surface area contributed by atoms with Crippen LogP contribution in [0.5, 0.6) is 0 Å². The van der Waals surface area contributed by atoms with Gasteiger partial charge in [-0.05, 0) is 13.8 Å². The van der Waals surface area contributed by atoms with Crippen molar-refractivity contribution in [1.82, 2.24) is 0 Å². The Hall–Kier alpha value is 0.422. The molecule has 46 valence electrons. The summed E-state index contributed by atoms with van der Waals surface area (Å²) in [6.07, 6.45) is 0. The van der Waals surface area contributed by atoms with Crippen LogP contribution in [0.15, 0.2) is 0 Å². The molecule has 0 fully saturated rings. The summed E-state index contributed by atoms with van der Waals surface area (Å²) in [6.45, 7) is 5.67. The van der Waals surface area contributed by atoms with Crippen LogP contribution in [0.4, 0.5) is 4.70 Å². The number of hydrogen-bond acceptors (Lipinski definition) is 1. The van der Waals surface area contributed by atoms with E-state index >= 15 is 0 Å². The predicted molar refractivity (Wildman–Crippen MR) is 34.6 cm³/mol. The Morgan fingerprint density at radius 2 is 1.43 bits per heavy atom. The molecule has 0 amide bonds. The molecule has 0 aromatic rings. The standard InChI is InChI=1S/C4H10O.Al.FH.3H/c1-3-5-4-2;;;;;/h3-4H2,1-2H3;;1H;;;. The Balaban J connectivity index is -0.0000000800. The van der Waals surface area contributed by atoms with Gasteiger partial charge in [-0.3, -0.25) is 4.70 Å². The van der Waals surface area contributed by atoms with Crippen LogP contribution in [0.3, 0.4) is 0 Å². The molecule has 0 aliphatic carbocycles. The molecular formula is C4H14AlFO. The van der Waals surface area contributed by atoms with Gasteiger partial charge >= 0.3 is 0 Å². The molecule has 0 rings (SSSR count). The molecule has 0 saturated heterocycles. The second-order valence-electron chi connectivity index (χ2n) is 0.781. The second-order valence-corrected chi connectivity index (χ2v) is 0.781. The summed E-state index contributed by atoms with van der Waals surface area (Å²) in [5.74, 6) is 0. The summed E-state index contributed by atoms with van der Waals surface area (Å²) in [5, 5.41) is 0. The Kier molecular flexibility index (Phi) is 36.1. The maximum Gasteiger partial charge on any atom is 0.187 e. The van der Waals surface area contributed by atoms with E-state index in [-0.39, 0.29) is 22.1 Å². The van der Waals surface area contributed by atoms with E-state index in [4.69, 9.17) is 4.74 Å². The summed E-state index contributed by atoms with van der Waals surface area (Å²) in [5.41, 5.74) is 0. The first-order chi connectivity index (χ1) is 2.41. The predicted octanol–water partition coefficient (Wildman–Crippen LogP) is 0.0114. The molecule has 1 nitrogen and oxygen atoms in total. The summed E-state index contributed by atoms with van der Waals surface area (Å²) in [7, 11) is 0. The number of rotatable bonds is 2. The van der Waals surface area contributed by atoms with Gasteiger partial charge in [0, 0.05) is 13.2 Å². The highest BCUT2D eigenvalue weighted by molar-refractivity contribution is 5.75. The maximum atomic E-state index is 4.83. The van der Waals surface area contributed by atoms with Crippen molar-refractivity contribution in [1.29, 1.82) is 0 Å². The molecule has 0 bridgehead atoms. The third-order valence-electron chi connectivity index (χ3n) is 0.408. The van der Waals surface area contributed by atoms with E-state index in [0.29, 0.717) is 0 Å². The van der Waals surface area contributed by atoms with Gasteiger partial charge in [-0.15, -0.1) is 0 Å². The molecule has 0 aliphatic rings.